The van der Waals surface area contributed by atoms with Crippen LogP contribution in [-0.4, -0.2) is 4.98 Å². The minimum atomic E-state index is -0.505. The zero-order chi connectivity index (χ0) is 13.2. The van der Waals surface area contributed by atoms with E-state index >= 15 is 0 Å². The second kappa shape index (κ2) is 4.57. The lowest BCUT2D eigenvalue weighted by molar-refractivity contribution is 0.431. The van der Waals surface area contributed by atoms with Gasteiger partial charge in [-0.05, 0) is 24.3 Å². The standard InChI is InChI=1S/C15H11FN2O/c16-11-5-3-6-12(17)15(11)19-14-9-8-10-4-1-2-7-13(10)18-14/h1-9H,17H2. The molecule has 0 saturated carbocycles. The lowest BCUT2D eigenvalue weighted by atomic mass is 10.2. The van der Waals surface area contributed by atoms with E-state index in [0.717, 1.165) is 10.9 Å². The van der Waals surface area contributed by atoms with Gasteiger partial charge >= 0.3 is 0 Å². The van der Waals surface area contributed by atoms with Crippen molar-refractivity contribution in [3.05, 3.63) is 60.4 Å². The fraction of sp³-hybridized carbons (Fsp3) is 0. The first-order valence-corrected chi connectivity index (χ1v) is 5.82. The third-order valence-electron chi connectivity index (χ3n) is 2.78. The highest BCUT2D eigenvalue weighted by molar-refractivity contribution is 5.78. The number of anilines is 1. The van der Waals surface area contributed by atoms with Crippen molar-refractivity contribution >= 4 is 16.6 Å². The van der Waals surface area contributed by atoms with Crippen LogP contribution in [0.1, 0.15) is 0 Å². The molecular formula is C15H11FN2O. The lowest BCUT2D eigenvalue weighted by Gasteiger charge is -2.08. The van der Waals surface area contributed by atoms with Crippen LogP contribution in [0.5, 0.6) is 11.6 Å². The Labute approximate surface area is 109 Å². The lowest BCUT2D eigenvalue weighted by Crippen LogP contribution is -1.96. The smallest absolute Gasteiger partial charge is 0.220 e. The molecule has 0 saturated heterocycles. The fourth-order valence-corrected chi connectivity index (χ4v) is 1.84. The van der Waals surface area contributed by atoms with Crippen LogP contribution in [0, 0.1) is 5.82 Å². The summed E-state index contributed by atoms with van der Waals surface area (Å²) < 4.78 is 19.1. The van der Waals surface area contributed by atoms with Gasteiger partial charge in [0, 0.05) is 11.5 Å². The highest BCUT2D eigenvalue weighted by Gasteiger charge is 2.09. The molecule has 0 spiro atoms. The van der Waals surface area contributed by atoms with Gasteiger partial charge in [0.25, 0.3) is 0 Å². The third kappa shape index (κ3) is 2.20. The Hall–Kier alpha value is -2.62. The van der Waals surface area contributed by atoms with E-state index < -0.39 is 5.82 Å². The molecule has 0 unspecified atom stereocenters. The number of hydrogen-bond acceptors (Lipinski definition) is 3. The topological polar surface area (TPSA) is 48.1 Å². The summed E-state index contributed by atoms with van der Waals surface area (Å²) in [7, 11) is 0. The fourth-order valence-electron chi connectivity index (χ4n) is 1.84. The van der Waals surface area contributed by atoms with Crippen LogP contribution in [0.2, 0.25) is 0 Å². The number of nitrogen functional groups attached to an aromatic ring is 1. The molecule has 0 atom stereocenters. The van der Waals surface area contributed by atoms with Crippen molar-refractivity contribution in [1.29, 1.82) is 0 Å². The summed E-state index contributed by atoms with van der Waals surface area (Å²) in [6.07, 6.45) is 0. The van der Waals surface area contributed by atoms with Gasteiger partial charge in [-0.2, -0.15) is 0 Å². The van der Waals surface area contributed by atoms with Gasteiger partial charge in [-0.25, -0.2) is 9.37 Å². The van der Waals surface area contributed by atoms with E-state index in [-0.39, 0.29) is 11.4 Å². The molecule has 3 rings (SSSR count). The summed E-state index contributed by atoms with van der Waals surface area (Å²) in [4.78, 5) is 4.31. The molecule has 0 aliphatic carbocycles. The number of nitrogens with zero attached hydrogens (tertiary/aromatic N) is 1. The van der Waals surface area contributed by atoms with Crippen molar-refractivity contribution in [3.63, 3.8) is 0 Å². The Kier molecular flexibility index (Phi) is 2.76. The molecule has 0 fully saturated rings. The van der Waals surface area contributed by atoms with Gasteiger partial charge < -0.3 is 10.5 Å². The van der Waals surface area contributed by atoms with Gasteiger partial charge in [0.05, 0.1) is 11.2 Å². The summed E-state index contributed by atoms with van der Waals surface area (Å²) >= 11 is 0. The molecule has 0 radical (unpaired) electrons. The van der Waals surface area contributed by atoms with Crippen LogP contribution in [0.3, 0.4) is 0 Å². The number of ether oxygens (including phenoxy) is 1. The summed E-state index contributed by atoms with van der Waals surface area (Å²) in [5.74, 6) is -0.185. The maximum atomic E-state index is 13.6. The molecule has 4 heteroatoms. The second-order valence-corrected chi connectivity index (χ2v) is 4.10. The van der Waals surface area contributed by atoms with E-state index in [1.165, 1.54) is 12.1 Å². The molecule has 0 amide bonds. The highest BCUT2D eigenvalue weighted by Crippen LogP contribution is 2.29. The summed E-state index contributed by atoms with van der Waals surface area (Å²) in [6.45, 7) is 0. The quantitative estimate of drug-likeness (QED) is 0.708. The van der Waals surface area contributed by atoms with Crippen molar-refractivity contribution in [2.45, 2.75) is 0 Å². The van der Waals surface area contributed by atoms with E-state index in [2.05, 4.69) is 4.98 Å². The molecule has 2 N–H and O–H groups in total. The molecule has 1 heterocycles. The largest absolute Gasteiger partial charge is 0.434 e. The van der Waals surface area contributed by atoms with Crippen molar-refractivity contribution in [2.24, 2.45) is 0 Å². The van der Waals surface area contributed by atoms with Crippen LogP contribution >= 0.6 is 0 Å². The number of hydrogen-bond donors (Lipinski definition) is 1. The normalized spacial score (nSPS) is 10.6. The molecule has 3 aromatic rings. The Morgan fingerprint density at radius 2 is 1.79 bits per heavy atom. The van der Waals surface area contributed by atoms with Gasteiger partial charge in [-0.3, -0.25) is 0 Å². The van der Waals surface area contributed by atoms with E-state index in [1.54, 1.807) is 12.1 Å². The van der Waals surface area contributed by atoms with E-state index in [9.17, 15) is 4.39 Å². The number of aromatic nitrogens is 1. The third-order valence-corrected chi connectivity index (χ3v) is 2.78. The minimum absolute atomic E-state index is 0.00489. The zero-order valence-corrected chi connectivity index (χ0v) is 10.0. The Bertz CT molecular complexity index is 723. The summed E-state index contributed by atoms with van der Waals surface area (Å²) in [5, 5.41) is 0.997. The van der Waals surface area contributed by atoms with Gasteiger partial charge in [0.15, 0.2) is 11.6 Å². The molecule has 2 aromatic carbocycles. The SMILES string of the molecule is Nc1cccc(F)c1Oc1ccc2ccccc2n1. The van der Waals surface area contributed by atoms with Crippen LogP contribution in [0.25, 0.3) is 10.9 Å². The number of halogens is 1. The molecule has 0 aliphatic heterocycles. The monoisotopic (exact) mass is 254 g/mol. The first-order valence-electron chi connectivity index (χ1n) is 5.82. The number of rotatable bonds is 2. The molecule has 1 aromatic heterocycles. The molecule has 19 heavy (non-hydrogen) atoms. The summed E-state index contributed by atoms with van der Waals surface area (Å²) in [5.41, 5.74) is 6.72. The van der Waals surface area contributed by atoms with Crippen molar-refractivity contribution in [3.8, 4) is 11.6 Å². The number of fused-ring (bicyclic) bond motifs is 1. The second-order valence-electron chi connectivity index (χ2n) is 4.10. The zero-order valence-electron chi connectivity index (χ0n) is 10.0. The number of pyridine rings is 1. The van der Waals surface area contributed by atoms with Crippen LogP contribution in [0.15, 0.2) is 54.6 Å². The Morgan fingerprint density at radius 3 is 2.63 bits per heavy atom. The predicted molar refractivity (Wildman–Crippen MR) is 72.6 cm³/mol. The Morgan fingerprint density at radius 1 is 0.947 bits per heavy atom. The van der Waals surface area contributed by atoms with Crippen molar-refractivity contribution in [2.75, 3.05) is 5.73 Å². The number of para-hydroxylation sites is 2. The minimum Gasteiger partial charge on any atom is -0.434 e. The van der Waals surface area contributed by atoms with E-state index in [4.69, 9.17) is 10.5 Å². The average Bonchev–Trinajstić information content (AvgIpc) is 2.43. The molecular weight excluding hydrogens is 243 g/mol. The van der Waals surface area contributed by atoms with Crippen molar-refractivity contribution < 1.29 is 9.13 Å². The predicted octanol–water partition coefficient (Wildman–Crippen LogP) is 3.75. The van der Waals surface area contributed by atoms with Gasteiger partial charge in [0.2, 0.25) is 5.88 Å². The first-order chi connectivity index (χ1) is 9.24. The van der Waals surface area contributed by atoms with Gasteiger partial charge in [-0.1, -0.05) is 24.3 Å². The van der Waals surface area contributed by atoms with Gasteiger partial charge in [0.1, 0.15) is 0 Å². The molecule has 0 aliphatic rings. The first kappa shape index (κ1) is 11.5. The van der Waals surface area contributed by atoms with E-state index in [0.29, 0.717) is 5.88 Å². The maximum absolute atomic E-state index is 13.6. The molecule has 94 valence electrons. The number of benzene rings is 2. The average molecular weight is 254 g/mol. The number of nitrogens with two attached hydrogens (primary N) is 1. The molecule has 3 nitrogen and oxygen atoms in total. The van der Waals surface area contributed by atoms with E-state index in [1.807, 2.05) is 30.3 Å². The van der Waals surface area contributed by atoms with Crippen LogP contribution in [-0.2, 0) is 0 Å². The van der Waals surface area contributed by atoms with Crippen LogP contribution < -0.4 is 10.5 Å². The molecule has 0 bridgehead atoms. The van der Waals surface area contributed by atoms with Gasteiger partial charge in [-0.15, -0.1) is 0 Å². The maximum Gasteiger partial charge on any atom is 0.220 e. The Balaban J connectivity index is 2.01. The van der Waals surface area contributed by atoms with Crippen molar-refractivity contribution in [1.82, 2.24) is 4.98 Å². The summed E-state index contributed by atoms with van der Waals surface area (Å²) in [6, 6.07) is 15.6. The van der Waals surface area contributed by atoms with Crippen LogP contribution in [0.4, 0.5) is 10.1 Å². The highest BCUT2D eigenvalue weighted by atomic mass is 19.1.